The Balaban J connectivity index is 1.22. The highest BCUT2D eigenvalue weighted by atomic mass is 16.5. The second kappa shape index (κ2) is 8.65. The minimum Gasteiger partial charge on any atom is -0.460 e. The molecule has 1 heterocycles. The van der Waals surface area contributed by atoms with Gasteiger partial charge in [-0.1, -0.05) is 26.8 Å². The maximum Gasteiger partial charge on any atom is 0.329 e. The average molecular weight is 493 g/mol. The van der Waals surface area contributed by atoms with Gasteiger partial charge in [-0.3, -0.25) is 4.79 Å². The average Bonchev–Trinajstić information content (AvgIpc) is 3.43. The Hall–Kier alpha value is -2.79. The summed E-state index contributed by atoms with van der Waals surface area (Å²) in [5, 5.41) is 15.3. The Morgan fingerprint density at radius 2 is 2.03 bits per heavy atom. The molecule has 1 aromatic rings. The van der Waals surface area contributed by atoms with Crippen LogP contribution in [0.4, 0.5) is 5.69 Å². The predicted octanol–water partition coefficient (Wildman–Crippen LogP) is 4.57. The van der Waals surface area contributed by atoms with E-state index in [9.17, 15) is 19.8 Å². The van der Waals surface area contributed by atoms with E-state index in [1.165, 1.54) is 18.9 Å². The van der Waals surface area contributed by atoms with Crippen LogP contribution in [0.1, 0.15) is 77.3 Å². The van der Waals surface area contributed by atoms with Gasteiger partial charge >= 0.3 is 5.97 Å². The molecule has 0 aromatic heterocycles. The number of nitriles is 1. The van der Waals surface area contributed by atoms with Crippen molar-refractivity contribution < 1.29 is 14.3 Å². The quantitative estimate of drug-likeness (QED) is 0.441. The molecule has 1 N–H and O–H groups in total. The second-order valence-corrected chi connectivity index (χ2v) is 11.9. The van der Waals surface area contributed by atoms with Crippen LogP contribution < -0.4 is 5.32 Å². The number of amides is 1. The fraction of sp³-hybridized carbons (Fsp3) is 0.679. The number of nitroso groups, excluding NO2 is 1. The largest absolute Gasteiger partial charge is 0.460 e. The molecule has 192 valence electrons. The van der Waals surface area contributed by atoms with Crippen molar-refractivity contribution >= 4 is 17.6 Å². The summed E-state index contributed by atoms with van der Waals surface area (Å²) in [5.74, 6) is 0.264. The standard InChI is InChI=1S/C28H36N4O4/c1-17(30-16-18-7-9-21(31-35)19(14-18)15-29)24(33)32-13-5-6-22(32)25(34)36-23-10-8-20-11-12-27(4)26(2,3)28(20,23)27/h7,9,14,17,20,22-23,30H,5-6,8,10-13,16H2,1-4H3. The maximum atomic E-state index is 13.4. The minimum absolute atomic E-state index is 0.0521. The van der Waals surface area contributed by atoms with Gasteiger partial charge in [0, 0.05) is 18.5 Å². The van der Waals surface area contributed by atoms with E-state index in [4.69, 9.17) is 4.74 Å². The van der Waals surface area contributed by atoms with Crippen molar-refractivity contribution in [2.24, 2.45) is 27.3 Å². The number of esters is 1. The lowest BCUT2D eigenvalue weighted by molar-refractivity contribution is -0.162. The third-order valence-corrected chi connectivity index (χ3v) is 10.5. The monoisotopic (exact) mass is 492 g/mol. The summed E-state index contributed by atoms with van der Waals surface area (Å²) in [6, 6.07) is 5.74. The highest BCUT2D eigenvalue weighted by Crippen LogP contribution is 2.90. The van der Waals surface area contributed by atoms with Crippen molar-refractivity contribution in [2.45, 2.75) is 91.0 Å². The summed E-state index contributed by atoms with van der Waals surface area (Å²) < 4.78 is 6.27. The van der Waals surface area contributed by atoms with E-state index in [0.717, 1.165) is 24.8 Å². The van der Waals surface area contributed by atoms with Crippen molar-refractivity contribution in [1.29, 1.82) is 5.26 Å². The summed E-state index contributed by atoms with van der Waals surface area (Å²) >= 11 is 0. The molecule has 0 radical (unpaired) electrons. The van der Waals surface area contributed by atoms with E-state index < -0.39 is 12.1 Å². The van der Waals surface area contributed by atoms with Gasteiger partial charge in [-0.05, 0) is 85.1 Å². The predicted molar refractivity (Wildman–Crippen MR) is 134 cm³/mol. The van der Waals surface area contributed by atoms with Crippen LogP contribution in [0.25, 0.3) is 0 Å². The molecule has 1 saturated heterocycles. The van der Waals surface area contributed by atoms with E-state index in [1.54, 1.807) is 24.0 Å². The van der Waals surface area contributed by atoms with Crippen LogP contribution in [0.2, 0.25) is 0 Å². The van der Waals surface area contributed by atoms with Gasteiger partial charge in [0.15, 0.2) is 0 Å². The highest BCUT2D eigenvalue weighted by molar-refractivity contribution is 5.88. The third kappa shape index (κ3) is 3.28. The Kier molecular flexibility index (Phi) is 5.98. The Morgan fingerprint density at radius 1 is 1.25 bits per heavy atom. The molecule has 1 aromatic carbocycles. The first-order valence-corrected chi connectivity index (χ1v) is 13.2. The molecule has 1 aliphatic heterocycles. The third-order valence-electron chi connectivity index (χ3n) is 10.5. The summed E-state index contributed by atoms with van der Waals surface area (Å²) in [7, 11) is 0. The summed E-state index contributed by atoms with van der Waals surface area (Å²) in [4.78, 5) is 39.2. The van der Waals surface area contributed by atoms with Crippen molar-refractivity contribution in [2.75, 3.05) is 6.54 Å². The molecule has 1 spiro atoms. The molecule has 8 nitrogen and oxygen atoms in total. The van der Waals surface area contributed by atoms with Gasteiger partial charge in [-0.25, -0.2) is 4.79 Å². The molecular weight excluding hydrogens is 456 g/mol. The van der Waals surface area contributed by atoms with Crippen LogP contribution in [0.15, 0.2) is 23.4 Å². The van der Waals surface area contributed by atoms with Crippen LogP contribution in [0, 0.1) is 38.4 Å². The minimum atomic E-state index is -0.533. The molecule has 3 saturated carbocycles. The zero-order valence-electron chi connectivity index (χ0n) is 21.7. The van der Waals surface area contributed by atoms with Gasteiger partial charge in [-0.2, -0.15) is 5.26 Å². The number of carbonyl (C=O) groups is 2. The topological polar surface area (TPSA) is 112 Å². The SMILES string of the molecule is CC(NCc1ccc(N=O)c(C#N)c1)C(=O)N1CCCC1C(=O)OC1CCC2CCC3(C)C(C)(C)C213. The number of hydrogen-bond donors (Lipinski definition) is 1. The summed E-state index contributed by atoms with van der Waals surface area (Å²) in [6.45, 7) is 9.74. The molecule has 4 fully saturated rings. The van der Waals surface area contributed by atoms with E-state index in [0.29, 0.717) is 25.4 Å². The van der Waals surface area contributed by atoms with Crippen LogP contribution in [-0.4, -0.2) is 41.5 Å². The highest BCUT2D eigenvalue weighted by Gasteiger charge is 2.88. The zero-order chi connectivity index (χ0) is 25.9. The number of benzene rings is 1. The number of nitrogens with zero attached hydrogens (tertiary/aromatic N) is 3. The van der Waals surface area contributed by atoms with E-state index in [-0.39, 0.29) is 45.5 Å². The summed E-state index contributed by atoms with van der Waals surface area (Å²) in [5.41, 5.74) is 1.59. The molecular formula is C28H36N4O4. The van der Waals surface area contributed by atoms with E-state index >= 15 is 0 Å². The molecule has 0 bridgehead atoms. The van der Waals surface area contributed by atoms with Crippen LogP contribution >= 0.6 is 0 Å². The lowest BCUT2D eigenvalue weighted by Crippen LogP contribution is -2.50. The molecule has 6 atom stereocenters. The number of nitrogens with one attached hydrogen (secondary N) is 1. The lowest BCUT2D eigenvalue weighted by Gasteiger charge is -2.31. The van der Waals surface area contributed by atoms with Gasteiger partial charge in [0.1, 0.15) is 23.9 Å². The van der Waals surface area contributed by atoms with Gasteiger partial charge < -0.3 is 15.0 Å². The van der Waals surface area contributed by atoms with Gasteiger partial charge in [0.25, 0.3) is 0 Å². The molecule has 36 heavy (non-hydrogen) atoms. The molecule has 1 amide bonds. The van der Waals surface area contributed by atoms with Crippen molar-refractivity contribution in [3.8, 4) is 6.07 Å². The molecule has 6 unspecified atom stereocenters. The summed E-state index contributed by atoms with van der Waals surface area (Å²) in [6.07, 6.45) is 5.86. The van der Waals surface area contributed by atoms with Crippen LogP contribution in [0.3, 0.4) is 0 Å². The fourth-order valence-electron chi connectivity index (χ4n) is 8.52. The lowest BCUT2D eigenvalue weighted by atomic mass is 9.83. The number of hydrogen-bond acceptors (Lipinski definition) is 7. The van der Waals surface area contributed by atoms with Crippen molar-refractivity contribution in [3.05, 3.63) is 34.2 Å². The number of likely N-dealkylation sites (tertiary alicyclic amines) is 1. The molecule has 5 rings (SSSR count). The van der Waals surface area contributed by atoms with Gasteiger partial charge in [-0.15, -0.1) is 4.91 Å². The Bertz CT molecular complexity index is 1140. The molecule has 3 aliphatic carbocycles. The first-order chi connectivity index (χ1) is 17.1. The second-order valence-electron chi connectivity index (χ2n) is 11.9. The normalized spacial score (nSPS) is 34.4. The first kappa shape index (κ1) is 24.9. The number of rotatable bonds is 7. The van der Waals surface area contributed by atoms with E-state index in [1.807, 2.05) is 6.07 Å². The van der Waals surface area contributed by atoms with Gasteiger partial charge in [0.2, 0.25) is 5.91 Å². The number of ether oxygens (including phenoxy) is 1. The van der Waals surface area contributed by atoms with Crippen LogP contribution in [-0.2, 0) is 20.9 Å². The number of carbonyl (C=O) groups excluding carboxylic acids is 2. The van der Waals surface area contributed by atoms with Gasteiger partial charge in [0.05, 0.1) is 11.6 Å². The smallest absolute Gasteiger partial charge is 0.329 e. The molecule has 4 aliphatic rings. The van der Waals surface area contributed by atoms with Crippen molar-refractivity contribution in [1.82, 2.24) is 10.2 Å². The fourth-order valence-corrected chi connectivity index (χ4v) is 8.52. The molecule has 8 heteroatoms. The van der Waals surface area contributed by atoms with Crippen LogP contribution in [0.5, 0.6) is 0 Å². The van der Waals surface area contributed by atoms with Crippen molar-refractivity contribution in [3.63, 3.8) is 0 Å². The zero-order valence-corrected chi connectivity index (χ0v) is 21.7. The first-order valence-electron chi connectivity index (χ1n) is 13.2. The maximum absolute atomic E-state index is 13.4. The van der Waals surface area contributed by atoms with E-state index in [2.05, 4.69) is 31.3 Å². The Morgan fingerprint density at radius 3 is 2.72 bits per heavy atom. The Labute approximate surface area is 212 Å².